The molecule has 0 fully saturated rings. The lowest BCUT2D eigenvalue weighted by molar-refractivity contribution is -0.0500. The van der Waals surface area contributed by atoms with Gasteiger partial charge >= 0.3 is 27.3 Å². The van der Waals surface area contributed by atoms with Gasteiger partial charge in [0.05, 0.1) is 12.7 Å². The van der Waals surface area contributed by atoms with Gasteiger partial charge in [0.25, 0.3) is 0 Å². The van der Waals surface area contributed by atoms with Gasteiger partial charge in [-0.05, 0) is 18.2 Å². The number of rotatable bonds is 4. The lowest BCUT2D eigenvalue weighted by Gasteiger charge is -2.09. The van der Waals surface area contributed by atoms with Crippen LogP contribution in [0.3, 0.4) is 0 Å². The van der Waals surface area contributed by atoms with E-state index in [1.165, 1.54) is 6.07 Å². The van der Waals surface area contributed by atoms with Crippen LogP contribution in [0.5, 0.6) is 5.75 Å². The molecular weight excluding hydrogens is 317 g/mol. The summed E-state index contributed by atoms with van der Waals surface area (Å²) in [6.45, 7) is 0. The molecule has 0 aliphatic carbocycles. The SMILES string of the molecule is CO/C(O)=C(/[N+]#N)c1cccc(OS(=O)(=O)C(F)(F)F)c1. The molecule has 1 aromatic rings. The van der Waals surface area contributed by atoms with Crippen LogP contribution in [0.2, 0.25) is 0 Å². The zero-order chi connectivity index (χ0) is 16.3. The van der Waals surface area contributed by atoms with Gasteiger partial charge in [-0.1, -0.05) is 6.07 Å². The fourth-order valence-electron chi connectivity index (χ4n) is 1.19. The Morgan fingerprint density at radius 2 is 2.00 bits per heavy atom. The first-order chi connectivity index (χ1) is 9.62. The highest BCUT2D eigenvalue weighted by Gasteiger charge is 2.48. The minimum atomic E-state index is -5.83. The van der Waals surface area contributed by atoms with Crippen molar-refractivity contribution < 1.29 is 35.6 Å². The second kappa shape index (κ2) is 5.88. The number of diazo groups is 1. The van der Waals surface area contributed by atoms with Crippen LogP contribution < -0.4 is 4.18 Å². The zero-order valence-electron chi connectivity index (χ0n) is 10.3. The van der Waals surface area contributed by atoms with Crippen molar-refractivity contribution in [1.82, 2.24) is 0 Å². The Morgan fingerprint density at radius 1 is 1.38 bits per heavy atom. The first-order valence-electron chi connectivity index (χ1n) is 5.06. The number of alkyl halides is 3. The number of nitrogens with zero attached hydrogens (tertiary/aromatic N) is 2. The largest absolute Gasteiger partial charge is 0.534 e. The fraction of sp³-hybridized carbons (Fsp3) is 0.200. The maximum absolute atomic E-state index is 12.2. The second-order valence-corrected chi connectivity index (χ2v) is 5.01. The van der Waals surface area contributed by atoms with E-state index in [4.69, 9.17) is 5.39 Å². The van der Waals surface area contributed by atoms with Gasteiger partial charge in [0.15, 0.2) is 4.98 Å². The van der Waals surface area contributed by atoms with Gasteiger partial charge in [-0.2, -0.15) is 21.6 Å². The smallest absolute Gasteiger partial charge is 0.475 e. The number of aliphatic hydroxyl groups is 1. The predicted molar refractivity (Wildman–Crippen MR) is 63.7 cm³/mol. The van der Waals surface area contributed by atoms with Gasteiger partial charge in [0.2, 0.25) is 5.39 Å². The summed E-state index contributed by atoms with van der Waals surface area (Å²) in [5, 5.41) is 18.0. The van der Waals surface area contributed by atoms with Crippen LogP contribution in [0.15, 0.2) is 30.2 Å². The van der Waals surface area contributed by atoms with Crippen LogP contribution in [-0.4, -0.2) is 26.1 Å². The molecule has 0 saturated heterocycles. The second-order valence-electron chi connectivity index (χ2n) is 3.47. The Balaban J connectivity index is 3.23. The molecule has 0 aromatic heterocycles. The van der Waals surface area contributed by atoms with Crippen LogP contribution in [0, 0.1) is 5.39 Å². The van der Waals surface area contributed by atoms with Gasteiger partial charge in [0, 0.05) is 0 Å². The summed E-state index contributed by atoms with van der Waals surface area (Å²) in [5.74, 6) is -1.51. The highest BCUT2D eigenvalue weighted by Crippen LogP contribution is 2.29. The normalized spacial score (nSPS) is 13.1. The maximum Gasteiger partial charge on any atom is 0.534 e. The fourth-order valence-corrected chi connectivity index (χ4v) is 1.64. The molecule has 0 heterocycles. The van der Waals surface area contributed by atoms with Crippen LogP contribution in [0.1, 0.15) is 5.56 Å². The van der Waals surface area contributed by atoms with Gasteiger partial charge in [-0.25, -0.2) is 0 Å². The van der Waals surface area contributed by atoms with Crippen molar-refractivity contribution >= 4 is 15.8 Å². The maximum atomic E-state index is 12.2. The van der Waals surface area contributed by atoms with Gasteiger partial charge in [-0.3, -0.25) is 0 Å². The van der Waals surface area contributed by atoms with Crippen molar-refractivity contribution in [3.05, 3.63) is 40.8 Å². The minimum Gasteiger partial charge on any atom is -0.475 e. The first-order valence-corrected chi connectivity index (χ1v) is 6.46. The van der Waals surface area contributed by atoms with E-state index in [1.54, 1.807) is 0 Å². The summed E-state index contributed by atoms with van der Waals surface area (Å²) in [4.78, 5) is 2.69. The van der Waals surface area contributed by atoms with Crippen LogP contribution in [0.25, 0.3) is 10.7 Å². The molecule has 114 valence electrons. The van der Waals surface area contributed by atoms with E-state index in [-0.39, 0.29) is 5.56 Å². The summed E-state index contributed by atoms with van der Waals surface area (Å²) in [5.41, 5.74) is -6.24. The number of benzene rings is 1. The molecule has 1 aromatic carbocycles. The molecule has 11 heteroatoms. The molecule has 0 saturated carbocycles. The van der Waals surface area contributed by atoms with E-state index in [0.29, 0.717) is 0 Å². The summed E-state index contributed by atoms with van der Waals surface area (Å²) >= 11 is 0. The molecular formula is C10H8F3N2O5S+. The molecule has 0 unspecified atom stereocenters. The monoisotopic (exact) mass is 325 g/mol. The molecule has 0 radical (unpaired) electrons. The number of aliphatic hydroxyl groups excluding tert-OH is 1. The van der Waals surface area contributed by atoms with Crippen LogP contribution in [-0.2, 0) is 14.9 Å². The number of halogens is 3. The average molecular weight is 325 g/mol. The van der Waals surface area contributed by atoms with Crippen molar-refractivity contribution in [2.24, 2.45) is 0 Å². The molecule has 0 bridgehead atoms. The zero-order valence-corrected chi connectivity index (χ0v) is 11.1. The molecule has 0 spiro atoms. The molecule has 1 rings (SSSR count). The van der Waals surface area contributed by atoms with E-state index in [2.05, 4.69) is 13.9 Å². The molecule has 21 heavy (non-hydrogen) atoms. The quantitative estimate of drug-likeness (QED) is 0.395. The summed E-state index contributed by atoms with van der Waals surface area (Å²) in [6.07, 6.45) is 0. The Labute approximate surface area is 117 Å². The first kappa shape index (κ1) is 16.6. The number of ether oxygens (including phenoxy) is 1. The van der Waals surface area contributed by atoms with E-state index < -0.39 is 33.0 Å². The molecule has 0 atom stereocenters. The Bertz CT molecular complexity index is 706. The van der Waals surface area contributed by atoms with E-state index in [0.717, 1.165) is 25.3 Å². The lowest BCUT2D eigenvalue weighted by atomic mass is 10.1. The van der Waals surface area contributed by atoms with Crippen molar-refractivity contribution in [1.29, 1.82) is 5.39 Å². The standard InChI is InChI=1S/C10H7F3N2O5S/c1-19-9(16)8(15-14)6-3-2-4-7(5-6)20-21(17,18)10(11,12)13/h2-5H,1H3/p+1/b9-8+. The van der Waals surface area contributed by atoms with Crippen LogP contribution in [0.4, 0.5) is 13.2 Å². The number of hydrogen-bond acceptors (Lipinski definition) is 6. The van der Waals surface area contributed by atoms with E-state index >= 15 is 0 Å². The lowest BCUT2D eigenvalue weighted by Crippen LogP contribution is -2.28. The van der Waals surface area contributed by atoms with E-state index in [1.807, 2.05) is 0 Å². The third-order valence-electron chi connectivity index (χ3n) is 2.09. The van der Waals surface area contributed by atoms with E-state index in [9.17, 15) is 26.7 Å². The summed E-state index contributed by atoms with van der Waals surface area (Å²) in [6, 6.07) is 4.10. The minimum absolute atomic E-state index is 0.133. The highest BCUT2D eigenvalue weighted by molar-refractivity contribution is 7.88. The number of hydrogen-bond donors (Lipinski definition) is 1. The average Bonchev–Trinajstić information content (AvgIpc) is 2.38. The Hall–Kier alpha value is -2.48. The third-order valence-corrected chi connectivity index (χ3v) is 3.07. The number of methoxy groups -OCH3 is 1. The van der Waals surface area contributed by atoms with Gasteiger partial charge < -0.3 is 14.0 Å². The van der Waals surface area contributed by atoms with Crippen molar-refractivity contribution in [2.75, 3.05) is 7.11 Å². The molecule has 0 amide bonds. The Morgan fingerprint density at radius 3 is 2.48 bits per heavy atom. The molecule has 7 nitrogen and oxygen atoms in total. The third kappa shape index (κ3) is 3.76. The predicted octanol–water partition coefficient (Wildman–Crippen LogP) is 2.60. The van der Waals surface area contributed by atoms with Crippen molar-refractivity contribution in [2.45, 2.75) is 5.51 Å². The van der Waals surface area contributed by atoms with Crippen molar-refractivity contribution in [3.63, 3.8) is 0 Å². The summed E-state index contributed by atoms with van der Waals surface area (Å²) < 4.78 is 66.6. The van der Waals surface area contributed by atoms with Gasteiger partial charge in [0.1, 0.15) is 5.75 Å². The van der Waals surface area contributed by atoms with Crippen molar-refractivity contribution in [3.8, 4) is 5.75 Å². The van der Waals surface area contributed by atoms with Crippen LogP contribution >= 0.6 is 0 Å². The highest BCUT2D eigenvalue weighted by atomic mass is 32.2. The van der Waals surface area contributed by atoms with Gasteiger partial charge in [-0.15, -0.1) is 0 Å². The topological polar surface area (TPSA) is 101 Å². The summed E-state index contributed by atoms with van der Waals surface area (Å²) in [7, 11) is -4.78. The molecule has 0 aliphatic heterocycles. The molecule has 1 N–H and O–H groups in total. The Kier molecular flexibility index (Phi) is 4.64. The molecule has 0 aliphatic rings.